The highest BCUT2D eigenvalue weighted by Crippen LogP contribution is 2.11. The normalized spacial score (nSPS) is 10.3. The Morgan fingerprint density at radius 3 is 2.37 bits per heavy atom. The van der Waals surface area contributed by atoms with Gasteiger partial charge in [-0.2, -0.15) is 0 Å². The molecule has 0 radical (unpaired) electrons. The lowest BCUT2D eigenvalue weighted by atomic mass is 10.0. The summed E-state index contributed by atoms with van der Waals surface area (Å²) in [5.41, 5.74) is 0.774. The van der Waals surface area contributed by atoms with Crippen molar-refractivity contribution in [2.45, 2.75) is 57.8 Å². The molecule has 0 bridgehead atoms. The molecule has 0 aliphatic rings. The molecule has 0 aromatic carbocycles. The van der Waals surface area contributed by atoms with Gasteiger partial charge in [-0.25, -0.2) is 4.98 Å². The maximum absolute atomic E-state index is 11.8. The van der Waals surface area contributed by atoms with Gasteiger partial charge in [0.15, 0.2) is 18.2 Å². The number of hydrogen-bond donors (Lipinski definition) is 0. The Bertz CT molecular complexity index is 362. The summed E-state index contributed by atoms with van der Waals surface area (Å²) in [6.07, 6.45) is 13.8. The first-order valence-corrected chi connectivity index (χ1v) is 7.27. The highest BCUT2D eigenvalue weighted by atomic mass is 16.1. The van der Waals surface area contributed by atoms with Gasteiger partial charge >= 0.3 is 0 Å². The van der Waals surface area contributed by atoms with Crippen molar-refractivity contribution < 1.29 is 14.6 Å². The first kappa shape index (κ1) is 15.5. The number of hydrogen-bond acceptors (Lipinski definition) is 2. The van der Waals surface area contributed by atoms with Crippen LogP contribution in [0.3, 0.4) is 0 Å². The fourth-order valence-corrected chi connectivity index (χ4v) is 2.11. The Labute approximate surface area is 115 Å². The molecule has 0 aliphatic heterocycles. The molecule has 0 amide bonds. The molecule has 0 fully saturated rings. The first-order chi connectivity index (χ1) is 9.34. The van der Waals surface area contributed by atoms with Crippen molar-refractivity contribution in [1.29, 1.82) is 0 Å². The Hall–Kier alpha value is -1.51. The topological polar surface area (TPSA) is 48.3 Å². The lowest BCUT2D eigenvalue weighted by molar-refractivity contribution is -0.378. The van der Waals surface area contributed by atoms with E-state index in [1.807, 2.05) is 12.1 Å². The molecule has 104 valence electrons. The lowest BCUT2D eigenvalue weighted by Gasteiger charge is -2.01. The van der Waals surface area contributed by atoms with Crippen molar-refractivity contribution in [3.8, 4) is 0 Å². The molecule has 0 aliphatic carbocycles. The number of nitrogens with one attached hydrogen (secondary N) is 1. The van der Waals surface area contributed by atoms with E-state index in [1.165, 1.54) is 19.3 Å². The largest absolute Gasteiger partial charge is 0.303 e. The smallest absolute Gasteiger partial charge is 0.177 e. The number of aldehydes is 1. The van der Waals surface area contributed by atoms with Crippen molar-refractivity contribution in [3.05, 3.63) is 30.1 Å². The molecule has 0 atom stereocenters. The number of ketones is 1. The third-order valence-corrected chi connectivity index (χ3v) is 3.25. The molecule has 3 heteroatoms. The number of pyridine rings is 1. The fraction of sp³-hybridized carbons (Fsp3) is 0.562. The zero-order valence-corrected chi connectivity index (χ0v) is 11.6. The summed E-state index contributed by atoms with van der Waals surface area (Å²) in [5.74, 6) is 0.225. The van der Waals surface area contributed by atoms with E-state index in [1.54, 1.807) is 12.4 Å². The minimum atomic E-state index is 0.225. The second kappa shape index (κ2) is 10.4. The van der Waals surface area contributed by atoms with Crippen LogP contribution in [0.1, 0.15) is 68.1 Å². The number of rotatable bonds is 11. The van der Waals surface area contributed by atoms with Gasteiger partial charge < -0.3 is 4.79 Å². The number of aromatic amines is 1. The Balaban J connectivity index is 1.96. The van der Waals surface area contributed by atoms with Crippen molar-refractivity contribution in [3.63, 3.8) is 0 Å². The standard InChI is InChI=1S/C16H23NO2/c18-13-8-6-4-2-1-3-5-7-11-16(19)15-10-9-12-17-14-15/h9-10,12-14H,1-8,11H2/p+1. The summed E-state index contributed by atoms with van der Waals surface area (Å²) in [4.78, 5) is 24.9. The monoisotopic (exact) mass is 262 g/mol. The quantitative estimate of drug-likeness (QED) is 0.348. The third-order valence-electron chi connectivity index (χ3n) is 3.25. The van der Waals surface area contributed by atoms with Crippen molar-refractivity contribution in [2.24, 2.45) is 0 Å². The number of Topliss-reactive ketones (excluding diaryl/α,β-unsaturated/α-hetero) is 1. The van der Waals surface area contributed by atoms with Gasteiger partial charge in [0, 0.05) is 18.9 Å². The van der Waals surface area contributed by atoms with Crippen molar-refractivity contribution >= 4 is 12.1 Å². The lowest BCUT2D eigenvalue weighted by Crippen LogP contribution is -2.06. The van der Waals surface area contributed by atoms with Gasteiger partial charge in [0.05, 0.1) is 5.56 Å². The molecule has 3 nitrogen and oxygen atoms in total. The van der Waals surface area contributed by atoms with Gasteiger partial charge in [0.2, 0.25) is 0 Å². The number of unbranched alkanes of at least 4 members (excludes halogenated alkanes) is 7. The van der Waals surface area contributed by atoms with Crippen LogP contribution in [-0.2, 0) is 4.79 Å². The molecule has 0 unspecified atom stereocenters. The summed E-state index contributed by atoms with van der Waals surface area (Å²) in [7, 11) is 0. The second-order valence-corrected chi connectivity index (χ2v) is 4.90. The van der Waals surface area contributed by atoms with Crippen LogP contribution in [0.5, 0.6) is 0 Å². The van der Waals surface area contributed by atoms with Gasteiger partial charge in [-0.1, -0.05) is 32.1 Å². The van der Waals surface area contributed by atoms with E-state index in [9.17, 15) is 9.59 Å². The number of carbonyl (C=O) groups is 2. The summed E-state index contributed by atoms with van der Waals surface area (Å²) < 4.78 is 0. The maximum Gasteiger partial charge on any atom is 0.177 e. The average Bonchev–Trinajstić information content (AvgIpc) is 2.46. The summed E-state index contributed by atoms with van der Waals surface area (Å²) in [5, 5.41) is 0. The predicted molar refractivity (Wildman–Crippen MR) is 74.9 cm³/mol. The Morgan fingerprint density at radius 1 is 1.05 bits per heavy atom. The SMILES string of the molecule is O=CCCCCCCCCCC(=O)c1ccc[nH+]c1. The Kier molecular flexibility index (Phi) is 8.52. The molecule has 1 aromatic heterocycles. The molecular weight excluding hydrogens is 238 g/mol. The van der Waals surface area contributed by atoms with Crippen LogP contribution in [0, 0.1) is 0 Å². The molecule has 1 aromatic rings. The highest BCUT2D eigenvalue weighted by molar-refractivity contribution is 5.95. The third kappa shape index (κ3) is 7.50. The molecule has 1 N–H and O–H groups in total. The van der Waals surface area contributed by atoms with Gasteiger partial charge in [-0.3, -0.25) is 4.79 Å². The zero-order chi connectivity index (χ0) is 13.8. The summed E-state index contributed by atoms with van der Waals surface area (Å²) in [6, 6.07) is 3.71. The first-order valence-electron chi connectivity index (χ1n) is 7.27. The highest BCUT2D eigenvalue weighted by Gasteiger charge is 2.06. The van der Waals surface area contributed by atoms with E-state index in [0.717, 1.165) is 37.5 Å². The van der Waals surface area contributed by atoms with Crippen LogP contribution in [-0.4, -0.2) is 12.1 Å². The summed E-state index contributed by atoms with van der Waals surface area (Å²) in [6.45, 7) is 0. The van der Waals surface area contributed by atoms with E-state index in [2.05, 4.69) is 4.98 Å². The van der Waals surface area contributed by atoms with Crippen molar-refractivity contribution in [1.82, 2.24) is 0 Å². The molecule has 0 spiro atoms. The predicted octanol–water partition coefficient (Wildman–Crippen LogP) is 3.39. The van der Waals surface area contributed by atoms with Crippen LogP contribution < -0.4 is 4.98 Å². The minimum absolute atomic E-state index is 0.225. The van der Waals surface area contributed by atoms with Gasteiger partial charge in [-0.05, 0) is 18.9 Å². The molecule has 1 heterocycles. The number of H-pyrrole nitrogens is 1. The van der Waals surface area contributed by atoms with Crippen molar-refractivity contribution in [2.75, 3.05) is 0 Å². The minimum Gasteiger partial charge on any atom is -0.303 e. The van der Waals surface area contributed by atoms with E-state index < -0.39 is 0 Å². The van der Waals surface area contributed by atoms with E-state index >= 15 is 0 Å². The van der Waals surface area contributed by atoms with Crippen LogP contribution in [0.15, 0.2) is 24.5 Å². The van der Waals surface area contributed by atoms with Crippen LogP contribution in [0.4, 0.5) is 0 Å². The van der Waals surface area contributed by atoms with Gasteiger partial charge in [0.25, 0.3) is 0 Å². The molecular formula is C16H24NO2+. The van der Waals surface area contributed by atoms with Gasteiger partial charge in [-0.15, -0.1) is 0 Å². The Morgan fingerprint density at radius 2 is 1.74 bits per heavy atom. The molecule has 19 heavy (non-hydrogen) atoms. The fourth-order valence-electron chi connectivity index (χ4n) is 2.11. The van der Waals surface area contributed by atoms with Crippen LogP contribution >= 0.6 is 0 Å². The summed E-state index contributed by atoms with van der Waals surface area (Å²) >= 11 is 0. The van der Waals surface area contributed by atoms with Crippen LogP contribution in [0.25, 0.3) is 0 Å². The molecule has 0 saturated carbocycles. The zero-order valence-electron chi connectivity index (χ0n) is 11.6. The molecule has 0 saturated heterocycles. The van der Waals surface area contributed by atoms with Gasteiger partial charge in [0.1, 0.15) is 6.29 Å². The van der Waals surface area contributed by atoms with E-state index in [-0.39, 0.29) is 5.78 Å². The van der Waals surface area contributed by atoms with E-state index in [4.69, 9.17) is 0 Å². The number of aromatic nitrogens is 1. The molecule has 1 rings (SSSR count). The van der Waals surface area contributed by atoms with Crippen LogP contribution in [0.2, 0.25) is 0 Å². The maximum atomic E-state index is 11.8. The number of carbonyl (C=O) groups excluding carboxylic acids is 2. The average molecular weight is 262 g/mol. The second-order valence-electron chi connectivity index (χ2n) is 4.90. The van der Waals surface area contributed by atoms with E-state index in [0.29, 0.717) is 12.8 Å².